The molecule has 0 saturated carbocycles. The van der Waals surface area contributed by atoms with Crippen LogP contribution in [0.3, 0.4) is 0 Å². The van der Waals surface area contributed by atoms with Gasteiger partial charge in [0.15, 0.2) is 5.65 Å². The lowest BCUT2D eigenvalue weighted by Gasteiger charge is -2.10. The van der Waals surface area contributed by atoms with Crippen LogP contribution in [-0.4, -0.2) is 22.1 Å². The van der Waals surface area contributed by atoms with Crippen LogP contribution in [0.4, 0.5) is 11.6 Å². The predicted octanol–water partition coefficient (Wildman–Crippen LogP) is 5.53. The average molecular weight is 436 g/mol. The molecule has 0 aliphatic heterocycles. The Morgan fingerprint density at radius 1 is 0.818 bits per heavy atom. The van der Waals surface area contributed by atoms with Crippen molar-refractivity contribution in [1.29, 1.82) is 0 Å². The van der Waals surface area contributed by atoms with E-state index >= 15 is 0 Å². The minimum atomic E-state index is -0.273. The third-order valence-electron chi connectivity index (χ3n) is 5.10. The standard InChI is InChI=1S/C26H20N4O3/c1-32-19-11-7-17(8-12-19)22-15-16-27-24-23(22)25(31)30-26(29-24)28-18-9-13-21(14-10-18)33-20-5-3-2-4-6-20/h2-16H,1H3,(H2,27,28,29,30,31). The molecule has 162 valence electrons. The van der Waals surface area contributed by atoms with Gasteiger partial charge in [0.25, 0.3) is 5.56 Å². The Balaban J connectivity index is 1.41. The maximum absolute atomic E-state index is 12.9. The number of aromatic nitrogens is 3. The normalized spacial score (nSPS) is 10.7. The molecule has 0 radical (unpaired) electrons. The maximum atomic E-state index is 12.9. The Morgan fingerprint density at radius 3 is 2.24 bits per heavy atom. The summed E-state index contributed by atoms with van der Waals surface area (Å²) in [6.07, 6.45) is 1.65. The van der Waals surface area contributed by atoms with E-state index in [1.165, 1.54) is 0 Å². The third kappa shape index (κ3) is 4.38. The summed E-state index contributed by atoms with van der Waals surface area (Å²) in [5, 5.41) is 3.55. The smallest absolute Gasteiger partial charge is 0.262 e. The van der Waals surface area contributed by atoms with Crippen molar-refractivity contribution in [3.05, 3.63) is 101 Å². The van der Waals surface area contributed by atoms with Gasteiger partial charge in [-0.15, -0.1) is 0 Å². The highest BCUT2D eigenvalue weighted by Crippen LogP contribution is 2.27. The van der Waals surface area contributed by atoms with Gasteiger partial charge in [-0.25, -0.2) is 4.98 Å². The molecule has 5 aromatic rings. The summed E-state index contributed by atoms with van der Waals surface area (Å²) < 4.78 is 11.0. The molecular formula is C26H20N4O3. The summed E-state index contributed by atoms with van der Waals surface area (Å²) in [4.78, 5) is 24.6. The van der Waals surface area contributed by atoms with Gasteiger partial charge in [0.2, 0.25) is 5.95 Å². The number of hydrogen-bond donors (Lipinski definition) is 2. The van der Waals surface area contributed by atoms with Crippen LogP contribution >= 0.6 is 0 Å². The van der Waals surface area contributed by atoms with Crippen molar-refractivity contribution in [3.8, 4) is 28.4 Å². The molecule has 0 atom stereocenters. The number of methoxy groups -OCH3 is 1. The SMILES string of the molecule is COc1ccc(-c2ccnc3nc(Nc4ccc(Oc5ccccc5)cc4)[nH]c(=O)c23)cc1. The van der Waals surface area contributed by atoms with Gasteiger partial charge in [-0.1, -0.05) is 30.3 Å². The summed E-state index contributed by atoms with van der Waals surface area (Å²) in [5.41, 5.74) is 2.48. The monoisotopic (exact) mass is 436 g/mol. The number of aromatic amines is 1. The first-order chi connectivity index (χ1) is 16.2. The molecule has 0 unspecified atom stereocenters. The summed E-state index contributed by atoms with van der Waals surface area (Å²) in [6, 6.07) is 26.3. The minimum Gasteiger partial charge on any atom is -0.497 e. The van der Waals surface area contributed by atoms with Crippen LogP contribution in [0, 0.1) is 0 Å². The van der Waals surface area contributed by atoms with Crippen LogP contribution in [0.1, 0.15) is 0 Å². The first-order valence-electron chi connectivity index (χ1n) is 10.3. The Morgan fingerprint density at radius 2 is 1.52 bits per heavy atom. The molecular weight excluding hydrogens is 416 g/mol. The fourth-order valence-electron chi connectivity index (χ4n) is 3.50. The molecule has 0 spiro atoms. The molecule has 2 heterocycles. The molecule has 0 saturated heterocycles. The van der Waals surface area contributed by atoms with E-state index in [9.17, 15) is 4.79 Å². The van der Waals surface area contributed by atoms with E-state index in [1.54, 1.807) is 19.4 Å². The molecule has 7 heteroatoms. The zero-order chi connectivity index (χ0) is 22.6. The zero-order valence-electron chi connectivity index (χ0n) is 17.8. The summed E-state index contributed by atoms with van der Waals surface area (Å²) in [6.45, 7) is 0. The lowest BCUT2D eigenvalue weighted by molar-refractivity contribution is 0.415. The van der Waals surface area contributed by atoms with E-state index in [0.717, 1.165) is 28.3 Å². The van der Waals surface area contributed by atoms with Crippen LogP contribution in [0.25, 0.3) is 22.2 Å². The average Bonchev–Trinajstić information content (AvgIpc) is 2.85. The largest absolute Gasteiger partial charge is 0.497 e. The van der Waals surface area contributed by atoms with Gasteiger partial charge < -0.3 is 14.8 Å². The first-order valence-corrected chi connectivity index (χ1v) is 10.3. The fraction of sp³-hybridized carbons (Fsp3) is 0.0385. The van der Waals surface area contributed by atoms with Crippen LogP contribution in [0.5, 0.6) is 17.2 Å². The van der Waals surface area contributed by atoms with Crippen molar-refractivity contribution in [2.45, 2.75) is 0 Å². The second kappa shape index (κ2) is 8.84. The predicted molar refractivity (Wildman–Crippen MR) is 128 cm³/mol. The number of anilines is 2. The second-order valence-corrected chi connectivity index (χ2v) is 7.26. The number of hydrogen-bond acceptors (Lipinski definition) is 6. The van der Waals surface area contributed by atoms with Crippen LogP contribution in [0.15, 0.2) is 95.9 Å². The fourth-order valence-corrected chi connectivity index (χ4v) is 3.50. The number of nitrogens with zero attached hydrogens (tertiary/aromatic N) is 2. The molecule has 0 amide bonds. The van der Waals surface area contributed by atoms with Crippen molar-refractivity contribution in [1.82, 2.24) is 15.0 Å². The number of pyridine rings is 1. The molecule has 2 aromatic heterocycles. The summed E-state index contributed by atoms with van der Waals surface area (Å²) in [5.74, 6) is 2.52. The quantitative estimate of drug-likeness (QED) is 0.364. The van der Waals surface area contributed by atoms with Gasteiger partial charge in [0.05, 0.1) is 12.5 Å². The Bertz CT molecular complexity index is 1450. The Labute approximate surface area is 189 Å². The molecule has 2 N–H and O–H groups in total. The van der Waals surface area contributed by atoms with Gasteiger partial charge in [-0.05, 0) is 65.7 Å². The number of fused-ring (bicyclic) bond motifs is 1. The highest BCUT2D eigenvalue weighted by atomic mass is 16.5. The molecule has 0 fully saturated rings. The van der Waals surface area contributed by atoms with Crippen LogP contribution in [-0.2, 0) is 0 Å². The highest BCUT2D eigenvalue weighted by Gasteiger charge is 2.12. The van der Waals surface area contributed by atoms with Crippen molar-refractivity contribution < 1.29 is 9.47 Å². The van der Waals surface area contributed by atoms with E-state index in [1.807, 2.05) is 78.9 Å². The molecule has 0 bridgehead atoms. The minimum absolute atomic E-state index is 0.273. The molecule has 0 aliphatic rings. The van der Waals surface area contributed by atoms with Gasteiger partial charge in [-0.3, -0.25) is 9.78 Å². The molecule has 7 nitrogen and oxygen atoms in total. The molecule has 5 rings (SSSR count). The number of rotatable bonds is 6. The van der Waals surface area contributed by atoms with E-state index in [0.29, 0.717) is 22.7 Å². The van der Waals surface area contributed by atoms with Crippen molar-refractivity contribution >= 4 is 22.7 Å². The lowest BCUT2D eigenvalue weighted by atomic mass is 10.0. The molecule has 0 aliphatic carbocycles. The number of benzene rings is 3. The van der Waals surface area contributed by atoms with Crippen LogP contribution < -0.4 is 20.3 Å². The Hall–Kier alpha value is -4.65. The Kier molecular flexibility index (Phi) is 5.43. The zero-order valence-corrected chi connectivity index (χ0v) is 17.8. The van der Waals surface area contributed by atoms with Crippen molar-refractivity contribution in [2.24, 2.45) is 0 Å². The van der Waals surface area contributed by atoms with E-state index in [-0.39, 0.29) is 5.56 Å². The number of ether oxygens (including phenoxy) is 2. The van der Waals surface area contributed by atoms with E-state index in [4.69, 9.17) is 9.47 Å². The molecule has 33 heavy (non-hydrogen) atoms. The van der Waals surface area contributed by atoms with Crippen LogP contribution in [0.2, 0.25) is 0 Å². The lowest BCUT2D eigenvalue weighted by Crippen LogP contribution is -2.13. The van der Waals surface area contributed by atoms with E-state index < -0.39 is 0 Å². The maximum Gasteiger partial charge on any atom is 0.262 e. The molecule has 3 aromatic carbocycles. The van der Waals surface area contributed by atoms with Gasteiger partial charge >= 0.3 is 0 Å². The van der Waals surface area contributed by atoms with E-state index in [2.05, 4.69) is 20.3 Å². The van der Waals surface area contributed by atoms with Gasteiger partial charge in [0.1, 0.15) is 17.2 Å². The topological polar surface area (TPSA) is 89.1 Å². The first kappa shape index (κ1) is 20.3. The van der Waals surface area contributed by atoms with Crippen molar-refractivity contribution in [3.63, 3.8) is 0 Å². The summed E-state index contributed by atoms with van der Waals surface area (Å²) >= 11 is 0. The highest BCUT2D eigenvalue weighted by molar-refractivity contribution is 5.92. The summed E-state index contributed by atoms with van der Waals surface area (Å²) in [7, 11) is 1.61. The number of nitrogens with one attached hydrogen (secondary N) is 2. The van der Waals surface area contributed by atoms with Gasteiger partial charge in [-0.2, -0.15) is 4.98 Å². The number of H-pyrrole nitrogens is 1. The third-order valence-corrected chi connectivity index (χ3v) is 5.10. The number of para-hydroxylation sites is 1. The second-order valence-electron chi connectivity index (χ2n) is 7.26. The van der Waals surface area contributed by atoms with Gasteiger partial charge in [0, 0.05) is 11.9 Å². The van der Waals surface area contributed by atoms with Crippen molar-refractivity contribution in [2.75, 3.05) is 12.4 Å².